The van der Waals surface area contributed by atoms with E-state index < -0.39 is 0 Å². The van der Waals surface area contributed by atoms with E-state index in [0.717, 1.165) is 23.0 Å². The Morgan fingerprint density at radius 3 is 2.85 bits per heavy atom. The minimum Gasteiger partial charge on any atom is -0.486 e. The molecule has 1 aromatic heterocycles. The van der Waals surface area contributed by atoms with Gasteiger partial charge in [-0.3, -0.25) is 0 Å². The van der Waals surface area contributed by atoms with Crippen LogP contribution in [0.15, 0.2) is 24.5 Å². The first kappa shape index (κ1) is 12.8. The monoisotopic (exact) mass is 274 g/mol. The average Bonchev–Trinajstić information content (AvgIpc) is 2.93. The van der Waals surface area contributed by atoms with Gasteiger partial charge in [0, 0.05) is 17.8 Å². The van der Waals surface area contributed by atoms with Crippen LogP contribution in [0, 0.1) is 0 Å². The van der Waals surface area contributed by atoms with E-state index in [9.17, 15) is 0 Å². The molecule has 6 heteroatoms. The Balaban J connectivity index is 1.70. The zero-order chi connectivity index (χ0) is 13.9. The van der Waals surface area contributed by atoms with Crippen LogP contribution in [0.5, 0.6) is 11.5 Å². The minimum atomic E-state index is 0.301. The third-order valence-corrected chi connectivity index (χ3v) is 3.13. The Kier molecular flexibility index (Phi) is 3.45. The first-order valence-corrected chi connectivity index (χ1v) is 6.76. The Morgan fingerprint density at radius 1 is 1.25 bits per heavy atom. The molecule has 0 bridgehead atoms. The highest BCUT2D eigenvalue weighted by atomic mass is 16.6. The summed E-state index contributed by atoms with van der Waals surface area (Å²) < 4.78 is 13.0. The summed E-state index contributed by atoms with van der Waals surface area (Å²) >= 11 is 0. The quantitative estimate of drug-likeness (QED) is 0.926. The maximum atomic E-state index is 5.56. The topological polar surface area (TPSA) is 61.2 Å². The first-order valence-electron chi connectivity index (χ1n) is 6.76. The van der Waals surface area contributed by atoms with Gasteiger partial charge in [-0.05, 0) is 26.0 Å². The van der Waals surface area contributed by atoms with Gasteiger partial charge in [0.05, 0.1) is 6.54 Å². The van der Waals surface area contributed by atoms with Crippen molar-refractivity contribution in [1.82, 2.24) is 14.8 Å². The van der Waals surface area contributed by atoms with Crippen molar-refractivity contribution in [2.45, 2.75) is 26.4 Å². The van der Waals surface area contributed by atoms with Gasteiger partial charge >= 0.3 is 0 Å². The predicted octanol–water partition coefficient (Wildman–Crippen LogP) is 2.24. The fourth-order valence-corrected chi connectivity index (χ4v) is 2.17. The minimum absolute atomic E-state index is 0.301. The highest BCUT2D eigenvalue weighted by Gasteiger charge is 2.12. The summed E-state index contributed by atoms with van der Waals surface area (Å²) in [4.78, 5) is 4.27. The molecule has 1 aromatic carbocycles. The summed E-state index contributed by atoms with van der Waals surface area (Å²) in [6.45, 7) is 6.00. The number of nitrogens with zero attached hydrogens (tertiary/aromatic N) is 3. The summed E-state index contributed by atoms with van der Waals surface area (Å²) in [5.74, 6) is 2.49. The van der Waals surface area contributed by atoms with Crippen LogP contribution in [0.25, 0.3) is 0 Å². The molecule has 0 unspecified atom stereocenters. The van der Waals surface area contributed by atoms with Gasteiger partial charge in [0.15, 0.2) is 11.5 Å². The first-order chi connectivity index (χ1) is 9.74. The van der Waals surface area contributed by atoms with Gasteiger partial charge in [-0.15, -0.1) is 0 Å². The lowest BCUT2D eigenvalue weighted by atomic mass is 10.2. The smallest absolute Gasteiger partial charge is 0.163 e. The van der Waals surface area contributed by atoms with E-state index in [1.54, 1.807) is 6.33 Å². The van der Waals surface area contributed by atoms with Crippen molar-refractivity contribution in [2.75, 3.05) is 18.5 Å². The molecule has 2 aromatic rings. The van der Waals surface area contributed by atoms with Crippen LogP contribution in [0.3, 0.4) is 0 Å². The van der Waals surface area contributed by atoms with Crippen LogP contribution in [0.4, 0.5) is 5.69 Å². The fraction of sp³-hybridized carbons (Fsp3) is 0.429. The van der Waals surface area contributed by atoms with E-state index in [2.05, 4.69) is 29.2 Å². The maximum absolute atomic E-state index is 5.56. The molecule has 0 amide bonds. The van der Waals surface area contributed by atoms with E-state index >= 15 is 0 Å². The van der Waals surface area contributed by atoms with Crippen LogP contribution >= 0.6 is 0 Å². The molecule has 0 aliphatic carbocycles. The zero-order valence-corrected chi connectivity index (χ0v) is 11.7. The summed E-state index contributed by atoms with van der Waals surface area (Å²) in [6, 6.07) is 6.15. The number of hydrogen-bond donors (Lipinski definition) is 1. The molecule has 0 spiro atoms. The van der Waals surface area contributed by atoms with Gasteiger partial charge in [0.1, 0.15) is 25.4 Å². The molecule has 0 saturated heterocycles. The normalized spacial score (nSPS) is 13.6. The third-order valence-electron chi connectivity index (χ3n) is 3.13. The van der Waals surface area contributed by atoms with Crippen LogP contribution in [0.1, 0.15) is 25.7 Å². The van der Waals surface area contributed by atoms with Gasteiger partial charge in [-0.2, -0.15) is 5.10 Å². The standard InChI is InChI=1S/C14H18N4O2/c1-10(2)18-14(16-9-17-18)8-15-11-3-4-12-13(7-11)20-6-5-19-12/h3-4,7,9-10,15H,5-6,8H2,1-2H3. The summed E-state index contributed by atoms with van der Waals surface area (Å²) in [7, 11) is 0. The molecule has 0 atom stereocenters. The molecule has 3 rings (SSSR count). The third kappa shape index (κ3) is 2.54. The second-order valence-electron chi connectivity index (χ2n) is 4.93. The number of fused-ring (bicyclic) bond motifs is 1. The van der Waals surface area contributed by atoms with Gasteiger partial charge < -0.3 is 14.8 Å². The van der Waals surface area contributed by atoms with Gasteiger partial charge in [-0.1, -0.05) is 0 Å². The van der Waals surface area contributed by atoms with Crippen LogP contribution in [-0.2, 0) is 6.54 Å². The number of nitrogens with one attached hydrogen (secondary N) is 1. The molecule has 2 heterocycles. The summed E-state index contributed by atoms with van der Waals surface area (Å²) in [5.41, 5.74) is 0.979. The van der Waals surface area contributed by atoms with E-state index in [-0.39, 0.29) is 0 Å². The Bertz CT molecular complexity index is 595. The van der Waals surface area contributed by atoms with E-state index in [0.29, 0.717) is 25.8 Å². The highest BCUT2D eigenvalue weighted by Crippen LogP contribution is 2.32. The van der Waals surface area contributed by atoms with E-state index in [1.165, 1.54) is 0 Å². The lowest BCUT2D eigenvalue weighted by Gasteiger charge is -2.19. The van der Waals surface area contributed by atoms with Crippen molar-refractivity contribution in [2.24, 2.45) is 0 Å². The largest absolute Gasteiger partial charge is 0.486 e. The van der Waals surface area contributed by atoms with Crippen molar-refractivity contribution in [3.63, 3.8) is 0 Å². The molecule has 20 heavy (non-hydrogen) atoms. The molecule has 0 radical (unpaired) electrons. The van der Waals surface area contributed by atoms with E-state index in [4.69, 9.17) is 9.47 Å². The SMILES string of the molecule is CC(C)n1ncnc1CNc1ccc2c(c1)OCCO2. The molecule has 1 N–H and O–H groups in total. The molecule has 1 aliphatic heterocycles. The molecule has 106 valence electrons. The zero-order valence-electron chi connectivity index (χ0n) is 11.7. The van der Waals surface area contributed by atoms with Crippen LogP contribution in [0.2, 0.25) is 0 Å². The molecule has 0 saturated carbocycles. The van der Waals surface area contributed by atoms with Crippen molar-refractivity contribution in [1.29, 1.82) is 0 Å². The van der Waals surface area contributed by atoms with Gasteiger partial charge in [0.2, 0.25) is 0 Å². The fourth-order valence-electron chi connectivity index (χ4n) is 2.17. The van der Waals surface area contributed by atoms with Crippen LogP contribution < -0.4 is 14.8 Å². The van der Waals surface area contributed by atoms with Crippen LogP contribution in [-0.4, -0.2) is 28.0 Å². The number of benzene rings is 1. The second kappa shape index (κ2) is 5.40. The average molecular weight is 274 g/mol. The highest BCUT2D eigenvalue weighted by molar-refractivity contribution is 5.55. The molecule has 6 nitrogen and oxygen atoms in total. The number of anilines is 1. The molecule has 1 aliphatic rings. The maximum Gasteiger partial charge on any atom is 0.163 e. The number of ether oxygens (including phenoxy) is 2. The molecular weight excluding hydrogens is 256 g/mol. The Morgan fingerprint density at radius 2 is 2.05 bits per heavy atom. The molecule has 0 fully saturated rings. The van der Waals surface area contributed by atoms with E-state index in [1.807, 2.05) is 22.9 Å². The number of hydrogen-bond acceptors (Lipinski definition) is 5. The second-order valence-corrected chi connectivity index (χ2v) is 4.93. The molecular formula is C14H18N4O2. The Hall–Kier alpha value is -2.24. The van der Waals surface area contributed by atoms with Gasteiger partial charge in [0.25, 0.3) is 0 Å². The van der Waals surface area contributed by atoms with Crippen molar-refractivity contribution >= 4 is 5.69 Å². The Labute approximate surface area is 117 Å². The summed E-state index contributed by atoms with van der Waals surface area (Å²) in [6.07, 6.45) is 1.58. The van der Waals surface area contributed by atoms with Crippen molar-refractivity contribution in [3.05, 3.63) is 30.4 Å². The number of rotatable bonds is 4. The lowest BCUT2D eigenvalue weighted by molar-refractivity contribution is 0.171. The predicted molar refractivity (Wildman–Crippen MR) is 75.2 cm³/mol. The van der Waals surface area contributed by atoms with Gasteiger partial charge in [-0.25, -0.2) is 9.67 Å². The van der Waals surface area contributed by atoms with Crippen molar-refractivity contribution in [3.8, 4) is 11.5 Å². The van der Waals surface area contributed by atoms with Crippen molar-refractivity contribution < 1.29 is 9.47 Å². The number of aromatic nitrogens is 3. The lowest BCUT2D eigenvalue weighted by Crippen LogP contribution is -2.15. The summed E-state index contributed by atoms with van der Waals surface area (Å²) in [5, 5.41) is 7.55.